The quantitative estimate of drug-likeness (QED) is 0.550. The Labute approximate surface area is 96.9 Å². The number of thiol groups is 1. The van der Waals surface area contributed by atoms with Crippen molar-refractivity contribution in [1.29, 1.82) is 0 Å². The lowest BCUT2D eigenvalue weighted by atomic mass is 10.0. The average molecular weight is 220 g/mol. The van der Waals surface area contributed by atoms with Crippen molar-refractivity contribution in [3.63, 3.8) is 0 Å². The number of rotatable bonds is 1. The molecule has 1 aromatic rings. The first-order valence-corrected chi connectivity index (χ1v) is 5.44. The first-order valence-electron chi connectivity index (χ1n) is 4.92. The van der Waals surface area contributed by atoms with E-state index in [0.717, 1.165) is 5.56 Å². The van der Waals surface area contributed by atoms with Gasteiger partial charge in [0.1, 0.15) is 5.60 Å². The summed E-state index contributed by atoms with van der Waals surface area (Å²) in [4.78, 5) is 0. The van der Waals surface area contributed by atoms with E-state index < -0.39 is 5.60 Å². The SMILES string of the molecule is Cc1ccc(C#CC(C)(O)C(C)S)cc1. The predicted molar refractivity (Wildman–Crippen MR) is 67.1 cm³/mol. The van der Waals surface area contributed by atoms with Crippen LogP contribution in [0.5, 0.6) is 0 Å². The maximum Gasteiger partial charge on any atom is 0.134 e. The van der Waals surface area contributed by atoms with Crippen molar-refractivity contribution in [2.45, 2.75) is 31.6 Å². The molecule has 0 fully saturated rings. The fourth-order valence-corrected chi connectivity index (χ4v) is 1.00. The summed E-state index contributed by atoms with van der Waals surface area (Å²) in [6.07, 6.45) is 0. The molecule has 0 radical (unpaired) electrons. The van der Waals surface area contributed by atoms with Crippen molar-refractivity contribution in [3.05, 3.63) is 35.4 Å². The zero-order valence-corrected chi connectivity index (χ0v) is 10.2. The molecule has 0 bridgehead atoms. The van der Waals surface area contributed by atoms with Crippen LogP contribution < -0.4 is 0 Å². The summed E-state index contributed by atoms with van der Waals surface area (Å²) in [7, 11) is 0. The smallest absolute Gasteiger partial charge is 0.134 e. The number of benzene rings is 1. The van der Waals surface area contributed by atoms with Gasteiger partial charge in [-0.25, -0.2) is 0 Å². The number of hydrogen-bond donors (Lipinski definition) is 2. The molecular formula is C13H16OS. The molecular weight excluding hydrogens is 204 g/mol. The van der Waals surface area contributed by atoms with E-state index in [1.165, 1.54) is 5.56 Å². The van der Waals surface area contributed by atoms with Crippen LogP contribution in [0.4, 0.5) is 0 Å². The summed E-state index contributed by atoms with van der Waals surface area (Å²) in [6.45, 7) is 5.53. The summed E-state index contributed by atoms with van der Waals surface area (Å²) in [5, 5.41) is 9.69. The van der Waals surface area contributed by atoms with Crippen molar-refractivity contribution in [3.8, 4) is 11.8 Å². The van der Waals surface area contributed by atoms with Gasteiger partial charge in [0, 0.05) is 10.8 Å². The molecule has 2 heteroatoms. The molecule has 1 rings (SSSR count). The van der Waals surface area contributed by atoms with E-state index in [0.29, 0.717) is 0 Å². The molecule has 0 aromatic heterocycles. The number of hydrogen-bond acceptors (Lipinski definition) is 2. The molecule has 0 saturated heterocycles. The first kappa shape index (κ1) is 12.2. The van der Waals surface area contributed by atoms with Gasteiger partial charge in [-0.2, -0.15) is 12.6 Å². The zero-order valence-electron chi connectivity index (χ0n) is 9.28. The molecule has 2 atom stereocenters. The van der Waals surface area contributed by atoms with Gasteiger partial charge >= 0.3 is 0 Å². The third kappa shape index (κ3) is 3.62. The van der Waals surface area contributed by atoms with Crippen LogP contribution in [0.25, 0.3) is 0 Å². The second-order valence-electron chi connectivity index (χ2n) is 3.94. The van der Waals surface area contributed by atoms with E-state index >= 15 is 0 Å². The van der Waals surface area contributed by atoms with Crippen LogP contribution in [0, 0.1) is 18.8 Å². The highest BCUT2D eigenvalue weighted by Gasteiger charge is 2.22. The van der Waals surface area contributed by atoms with E-state index in [1.807, 2.05) is 38.1 Å². The van der Waals surface area contributed by atoms with Crippen LogP contribution in [0.1, 0.15) is 25.0 Å². The molecule has 0 aliphatic rings. The lowest BCUT2D eigenvalue weighted by molar-refractivity contribution is 0.124. The Morgan fingerprint density at radius 2 is 1.87 bits per heavy atom. The molecule has 1 nitrogen and oxygen atoms in total. The molecule has 1 N–H and O–H groups in total. The van der Waals surface area contributed by atoms with Crippen molar-refractivity contribution in [1.82, 2.24) is 0 Å². The lowest BCUT2D eigenvalue weighted by Crippen LogP contribution is -2.31. The van der Waals surface area contributed by atoms with Gasteiger partial charge in [0.2, 0.25) is 0 Å². The van der Waals surface area contributed by atoms with Gasteiger partial charge in [0.05, 0.1) is 0 Å². The van der Waals surface area contributed by atoms with Crippen LogP contribution in [-0.4, -0.2) is 16.0 Å². The minimum absolute atomic E-state index is 0.171. The fourth-order valence-electron chi connectivity index (χ4n) is 0.940. The Hall–Kier alpha value is -0.910. The van der Waals surface area contributed by atoms with Gasteiger partial charge in [-0.3, -0.25) is 0 Å². The van der Waals surface area contributed by atoms with Crippen LogP contribution in [0.15, 0.2) is 24.3 Å². The van der Waals surface area contributed by atoms with Crippen LogP contribution in [-0.2, 0) is 0 Å². The Bertz CT molecular complexity index is 379. The topological polar surface area (TPSA) is 20.2 Å². The normalized spacial score (nSPS) is 16.1. The monoisotopic (exact) mass is 220 g/mol. The lowest BCUT2D eigenvalue weighted by Gasteiger charge is -2.19. The minimum atomic E-state index is -1.05. The van der Waals surface area contributed by atoms with Crippen molar-refractivity contribution in [2.24, 2.45) is 0 Å². The summed E-state index contributed by atoms with van der Waals surface area (Å²) in [5.74, 6) is 5.77. The van der Waals surface area contributed by atoms with Gasteiger partial charge < -0.3 is 5.11 Å². The third-order valence-electron chi connectivity index (χ3n) is 2.32. The van der Waals surface area contributed by atoms with Gasteiger partial charge in [0.15, 0.2) is 0 Å². The summed E-state index contributed by atoms with van der Waals surface area (Å²) < 4.78 is 0. The highest BCUT2D eigenvalue weighted by Crippen LogP contribution is 2.13. The van der Waals surface area contributed by atoms with Gasteiger partial charge in [0.25, 0.3) is 0 Å². The van der Waals surface area contributed by atoms with Crippen molar-refractivity contribution < 1.29 is 5.11 Å². The van der Waals surface area contributed by atoms with Crippen LogP contribution in [0.2, 0.25) is 0 Å². The van der Waals surface area contributed by atoms with Gasteiger partial charge in [-0.15, -0.1) is 0 Å². The highest BCUT2D eigenvalue weighted by molar-refractivity contribution is 7.81. The molecule has 1 aromatic carbocycles. The Balaban J connectivity index is 2.86. The van der Waals surface area contributed by atoms with Crippen LogP contribution >= 0.6 is 12.6 Å². The maximum absolute atomic E-state index is 9.86. The maximum atomic E-state index is 9.86. The second-order valence-corrected chi connectivity index (χ2v) is 4.71. The Morgan fingerprint density at radius 3 is 2.33 bits per heavy atom. The van der Waals surface area contributed by atoms with E-state index in [2.05, 4.69) is 24.5 Å². The van der Waals surface area contributed by atoms with E-state index in [1.54, 1.807) is 6.92 Å². The minimum Gasteiger partial charge on any atom is -0.377 e. The van der Waals surface area contributed by atoms with Crippen molar-refractivity contribution in [2.75, 3.05) is 0 Å². The zero-order chi connectivity index (χ0) is 11.5. The van der Waals surface area contributed by atoms with Gasteiger partial charge in [-0.1, -0.05) is 29.5 Å². The van der Waals surface area contributed by atoms with E-state index in [-0.39, 0.29) is 5.25 Å². The van der Waals surface area contributed by atoms with Crippen molar-refractivity contribution >= 4 is 12.6 Å². The van der Waals surface area contributed by atoms with Gasteiger partial charge in [-0.05, 0) is 32.9 Å². The molecule has 0 aliphatic carbocycles. The third-order valence-corrected chi connectivity index (χ3v) is 2.83. The largest absolute Gasteiger partial charge is 0.377 e. The summed E-state index contributed by atoms with van der Waals surface area (Å²) in [5.41, 5.74) is 1.07. The molecule has 0 saturated carbocycles. The molecule has 0 heterocycles. The predicted octanol–water partition coefficient (Wildman–Crippen LogP) is 2.42. The molecule has 0 aliphatic heterocycles. The number of aliphatic hydroxyl groups is 1. The standard InChI is InChI=1S/C13H16OS/c1-10-4-6-12(7-5-10)8-9-13(3,14)11(2)15/h4-7,11,14-15H,1-3H3. The molecule has 15 heavy (non-hydrogen) atoms. The number of aryl methyl sites for hydroxylation is 1. The van der Waals surface area contributed by atoms with Crippen LogP contribution in [0.3, 0.4) is 0 Å². The fraction of sp³-hybridized carbons (Fsp3) is 0.385. The Morgan fingerprint density at radius 1 is 1.33 bits per heavy atom. The summed E-state index contributed by atoms with van der Waals surface area (Å²) in [6, 6.07) is 7.90. The van der Waals surface area contributed by atoms with E-state index in [4.69, 9.17) is 0 Å². The highest BCUT2D eigenvalue weighted by atomic mass is 32.1. The second kappa shape index (κ2) is 4.74. The Kier molecular flexibility index (Phi) is 3.84. The molecule has 0 amide bonds. The average Bonchev–Trinajstić information content (AvgIpc) is 2.17. The molecule has 80 valence electrons. The summed E-state index contributed by atoms with van der Waals surface area (Å²) >= 11 is 4.19. The van der Waals surface area contributed by atoms with E-state index in [9.17, 15) is 5.11 Å². The molecule has 2 unspecified atom stereocenters. The molecule has 0 spiro atoms. The first-order chi connectivity index (χ1) is 6.92.